The predicted octanol–water partition coefficient (Wildman–Crippen LogP) is -1.83. The number of rotatable bonds is 0. The molecule has 1 aliphatic heterocycles. The van der Waals surface area contributed by atoms with Gasteiger partial charge in [-0.25, -0.2) is 0 Å². The number of hydrogen-bond acceptors (Lipinski definition) is 1. The lowest BCUT2D eigenvalue weighted by Crippen LogP contribution is -2.10. The Morgan fingerprint density at radius 1 is 1.83 bits per heavy atom. The van der Waals surface area contributed by atoms with Crippen LogP contribution in [0.5, 0.6) is 0 Å². The molecular formula is C3H11NSi2. The van der Waals surface area contributed by atoms with Crippen molar-refractivity contribution < 1.29 is 0 Å². The van der Waals surface area contributed by atoms with Gasteiger partial charge in [-0.1, -0.05) is 0 Å². The van der Waals surface area contributed by atoms with Crippen LogP contribution in [-0.4, -0.2) is 26.5 Å². The van der Waals surface area contributed by atoms with Gasteiger partial charge in [-0.05, 0) is 18.1 Å². The van der Waals surface area contributed by atoms with E-state index in [0.717, 1.165) is 0 Å². The van der Waals surface area contributed by atoms with Crippen molar-refractivity contribution >= 4 is 19.9 Å². The molecule has 1 N–H and O–H groups in total. The molecule has 1 fully saturated rings. The quantitative estimate of drug-likeness (QED) is 0.368. The van der Waals surface area contributed by atoms with E-state index in [4.69, 9.17) is 0 Å². The van der Waals surface area contributed by atoms with Crippen molar-refractivity contribution in [3.8, 4) is 0 Å². The summed E-state index contributed by atoms with van der Waals surface area (Å²) in [7, 11) is 1.73. The highest BCUT2D eigenvalue weighted by molar-refractivity contribution is 6.49. The molecule has 6 heavy (non-hydrogen) atoms. The minimum Gasteiger partial charge on any atom is -0.342 e. The molecule has 0 spiro atoms. The second kappa shape index (κ2) is 1.90. The van der Waals surface area contributed by atoms with Crippen molar-refractivity contribution in [2.75, 3.05) is 6.54 Å². The number of hydrogen-bond donors (Lipinski definition) is 1. The zero-order chi connectivity index (χ0) is 4.41. The molecule has 1 aliphatic rings. The van der Waals surface area contributed by atoms with E-state index in [1.807, 2.05) is 0 Å². The first-order chi connectivity index (χ1) is 2.89. The van der Waals surface area contributed by atoms with Gasteiger partial charge in [0.1, 0.15) is 0 Å². The number of nitrogens with one attached hydrogen (secondary N) is 1. The first-order valence-electron chi connectivity index (χ1n) is 2.60. The summed E-state index contributed by atoms with van der Waals surface area (Å²) >= 11 is 0. The summed E-state index contributed by atoms with van der Waals surface area (Å²) in [6.45, 7) is 1.33. The van der Waals surface area contributed by atoms with Crippen molar-refractivity contribution in [2.24, 2.45) is 0 Å². The van der Waals surface area contributed by atoms with Crippen molar-refractivity contribution in [3.63, 3.8) is 0 Å². The van der Waals surface area contributed by atoms with Gasteiger partial charge in [-0.15, -0.1) is 0 Å². The Kier molecular flexibility index (Phi) is 1.44. The summed E-state index contributed by atoms with van der Waals surface area (Å²) in [4.78, 5) is 3.45. The Hall–Kier alpha value is 0.394. The van der Waals surface area contributed by atoms with Crippen molar-refractivity contribution in [2.45, 2.75) is 11.6 Å². The second-order valence-corrected chi connectivity index (χ2v) is 7.67. The fourth-order valence-electron chi connectivity index (χ4n) is 0.799. The molecule has 0 saturated carbocycles. The lowest BCUT2D eigenvalue weighted by molar-refractivity contribution is 0.911. The van der Waals surface area contributed by atoms with Gasteiger partial charge in [0.05, 0.1) is 9.68 Å². The zero-order valence-corrected chi connectivity index (χ0v) is 7.61. The molecule has 1 heterocycles. The SMILES string of the molecule is [SiH3]C1CCN[SiH2]1. The van der Waals surface area contributed by atoms with Crippen LogP contribution in [0.1, 0.15) is 6.42 Å². The topological polar surface area (TPSA) is 12.0 Å². The lowest BCUT2D eigenvalue weighted by Gasteiger charge is -1.88. The standard InChI is InChI=1S/C3H11NSi2/c5-3-1-2-4-6-3/h3-4H,1-2,6H2,5H3. The van der Waals surface area contributed by atoms with E-state index in [0.29, 0.717) is 0 Å². The molecule has 1 unspecified atom stereocenters. The highest BCUT2D eigenvalue weighted by Gasteiger charge is 2.07. The normalized spacial score (nSPS) is 39.0. The van der Waals surface area contributed by atoms with Gasteiger partial charge in [-0.2, -0.15) is 0 Å². The second-order valence-electron chi connectivity index (χ2n) is 2.10. The first kappa shape index (κ1) is 4.55. The van der Waals surface area contributed by atoms with Crippen molar-refractivity contribution in [3.05, 3.63) is 0 Å². The highest BCUT2D eigenvalue weighted by atomic mass is 28.3. The molecule has 0 aromatic heterocycles. The molecule has 0 radical (unpaired) electrons. The van der Waals surface area contributed by atoms with E-state index < -0.39 is 0 Å². The minimum atomic E-state index is 0.279. The molecule has 0 amide bonds. The molecule has 0 bridgehead atoms. The Balaban J connectivity index is 2.18. The fraction of sp³-hybridized carbons (Fsp3) is 1.00. The van der Waals surface area contributed by atoms with Crippen LogP contribution in [0, 0.1) is 0 Å². The average Bonchev–Trinajstić information content (AvgIpc) is 1.86. The Bertz CT molecular complexity index is 42.1. The highest BCUT2D eigenvalue weighted by Crippen LogP contribution is 2.04. The minimum absolute atomic E-state index is 0.279. The van der Waals surface area contributed by atoms with Crippen LogP contribution in [0.2, 0.25) is 5.16 Å². The predicted molar refractivity (Wildman–Crippen MR) is 34.9 cm³/mol. The van der Waals surface area contributed by atoms with E-state index in [9.17, 15) is 0 Å². The average molecular weight is 117 g/mol. The Labute approximate surface area is 43.8 Å². The smallest absolute Gasteiger partial charge is 0.0913 e. The van der Waals surface area contributed by atoms with Crippen LogP contribution in [-0.2, 0) is 0 Å². The maximum Gasteiger partial charge on any atom is 0.0913 e. The van der Waals surface area contributed by atoms with E-state index >= 15 is 0 Å². The Morgan fingerprint density at radius 3 is 2.83 bits per heavy atom. The van der Waals surface area contributed by atoms with E-state index in [1.165, 1.54) is 28.4 Å². The third-order valence-corrected chi connectivity index (χ3v) is 4.86. The Morgan fingerprint density at radius 2 is 2.67 bits per heavy atom. The molecular weight excluding hydrogens is 106 g/mol. The third kappa shape index (κ3) is 0.926. The largest absolute Gasteiger partial charge is 0.342 e. The first-order valence-corrected chi connectivity index (χ1v) is 5.28. The molecule has 36 valence electrons. The maximum atomic E-state index is 3.45. The van der Waals surface area contributed by atoms with Gasteiger partial charge >= 0.3 is 0 Å². The molecule has 1 nitrogen and oxygen atoms in total. The van der Waals surface area contributed by atoms with Crippen LogP contribution in [0.15, 0.2) is 0 Å². The van der Waals surface area contributed by atoms with Gasteiger partial charge in [-0.3, -0.25) is 0 Å². The van der Waals surface area contributed by atoms with Crippen LogP contribution in [0.4, 0.5) is 0 Å². The summed E-state index contributed by atoms with van der Waals surface area (Å²) in [5, 5.41) is 1.21. The molecule has 0 aromatic carbocycles. The molecule has 0 aliphatic carbocycles. The van der Waals surface area contributed by atoms with Crippen LogP contribution in [0.3, 0.4) is 0 Å². The summed E-state index contributed by atoms with van der Waals surface area (Å²) in [5.41, 5.74) is 0. The zero-order valence-electron chi connectivity index (χ0n) is 4.20. The molecule has 1 atom stereocenters. The van der Waals surface area contributed by atoms with Crippen molar-refractivity contribution in [1.29, 1.82) is 0 Å². The van der Waals surface area contributed by atoms with E-state index in [2.05, 4.69) is 4.98 Å². The molecule has 0 aromatic rings. The maximum absolute atomic E-state index is 3.45. The van der Waals surface area contributed by atoms with E-state index in [1.54, 1.807) is 0 Å². The van der Waals surface area contributed by atoms with Gasteiger partial charge < -0.3 is 4.98 Å². The summed E-state index contributed by atoms with van der Waals surface area (Å²) < 4.78 is 0. The summed E-state index contributed by atoms with van der Waals surface area (Å²) in [5.74, 6) is 0. The third-order valence-electron chi connectivity index (χ3n) is 1.31. The van der Waals surface area contributed by atoms with Gasteiger partial charge in [0, 0.05) is 10.2 Å². The molecule has 1 rings (SSSR count). The summed E-state index contributed by atoms with van der Waals surface area (Å²) in [6.07, 6.45) is 1.50. The summed E-state index contributed by atoms with van der Waals surface area (Å²) in [6, 6.07) is 0. The van der Waals surface area contributed by atoms with Crippen molar-refractivity contribution in [1.82, 2.24) is 4.98 Å². The van der Waals surface area contributed by atoms with Gasteiger partial charge in [0.15, 0.2) is 0 Å². The van der Waals surface area contributed by atoms with E-state index in [-0.39, 0.29) is 9.68 Å². The lowest BCUT2D eigenvalue weighted by atomic mass is 10.5. The monoisotopic (exact) mass is 117 g/mol. The molecule has 3 heteroatoms. The van der Waals surface area contributed by atoms with Gasteiger partial charge in [0.25, 0.3) is 0 Å². The van der Waals surface area contributed by atoms with Crippen LogP contribution >= 0.6 is 0 Å². The van der Waals surface area contributed by atoms with Crippen LogP contribution in [0.25, 0.3) is 0 Å². The molecule has 1 saturated heterocycles. The van der Waals surface area contributed by atoms with Gasteiger partial charge in [0.2, 0.25) is 0 Å². The fourth-order valence-corrected chi connectivity index (χ4v) is 3.26. The van der Waals surface area contributed by atoms with Crippen LogP contribution < -0.4 is 4.98 Å².